The van der Waals surface area contributed by atoms with Crippen molar-refractivity contribution in [3.63, 3.8) is 0 Å². The number of nitrogens with one attached hydrogen (secondary N) is 1. The van der Waals surface area contributed by atoms with Crippen LogP contribution in [0.3, 0.4) is 0 Å². The van der Waals surface area contributed by atoms with Crippen LogP contribution in [-0.4, -0.2) is 33.0 Å². The van der Waals surface area contributed by atoms with E-state index in [4.69, 9.17) is 0 Å². The van der Waals surface area contributed by atoms with Crippen molar-refractivity contribution < 1.29 is 9.72 Å². The number of nitrogens with zero attached hydrogens (tertiary/aromatic N) is 3. The Morgan fingerprint density at radius 1 is 1.30 bits per heavy atom. The van der Waals surface area contributed by atoms with Gasteiger partial charge in [0.25, 0.3) is 5.69 Å². The number of hydrogen-bond acceptors (Lipinski definition) is 8. The maximum atomic E-state index is 12.0. The van der Waals surface area contributed by atoms with Gasteiger partial charge in [-0.15, -0.1) is 10.2 Å². The lowest BCUT2D eigenvalue weighted by atomic mass is 10.1. The highest BCUT2D eigenvalue weighted by molar-refractivity contribution is 8.03. The summed E-state index contributed by atoms with van der Waals surface area (Å²) < 4.78 is 1.52. The van der Waals surface area contributed by atoms with Crippen LogP contribution in [0.25, 0.3) is 0 Å². The molecule has 1 aromatic heterocycles. The molecule has 122 valence electrons. The minimum atomic E-state index is -0.495. The summed E-state index contributed by atoms with van der Waals surface area (Å²) in [6.07, 6.45) is 1.90. The van der Waals surface area contributed by atoms with Gasteiger partial charge in [0.1, 0.15) is 5.69 Å². The van der Waals surface area contributed by atoms with Crippen LogP contribution in [0.2, 0.25) is 0 Å². The van der Waals surface area contributed by atoms with Gasteiger partial charge < -0.3 is 5.32 Å². The number of benzene rings is 1. The Morgan fingerprint density at radius 2 is 1.96 bits per heavy atom. The molecule has 0 fully saturated rings. The number of aryl methyl sites for hydroxylation is 2. The second-order valence-corrected chi connectivity index (χ2v) is 7.84. The van der Waals surface area contributed by atoms with Gasteiger partial charge in [-0.1, -0.05) is 34.9 Å². The summed E-state index contributed by atoms with van der Waals surface area (Å²) in [6, 6.07) is 3.08. The van der Waals surface area contributed by atoms with Gasteiger partial charge >= 0.3 is 0 Å². The van der Waals surface area contributed by atoms with Gasteiger partial charge in [-0.25, -0.2) is 0 Å². The first-order chi connectivity index (χ1) is 10.9. The van der Waals surface area contributed by atoms with Gasteiger partial charge in [-0.2, -0.15) is 0 Å². The molecule has 2 aromatic rings. The fourth-order valence-electron chi connectivity index (χ4n) is 1.70. The summed E-state index contributed by atoms with van der Waals surface area (Å²) in [5.41, 5.74) is 1.80. The average molecular weight is 370 g/mol. The van der Waals surface area contributed by atoms with Crippen molar-refractivity contribution in [2.24, 2.45) is 0 Å². The van der Waals surface area contributed by atoms with E-state index in [9.17, 15) is 14.9 Å². The molecule has 23 heavy (non-hydrogen) atoms. The van der Waals surface area contributed by atoms with Crippen LogP contribution < -0.4 is 5.32 Å². The fraction of sp³-hybridized carbons (Fsp3) is 0.308. The summed E-state index contributed by atoms with van der Waals surface area (Å²) in [6.45, 7) is 3.64. The molecule has 0 saturated heterocycles. The summed E-state index contributed by atoms with van der Waals surface area (Å²) in [7, 11) is 0. The number of thioether (sulfide) groups is 2. The standard InChI is InChI=1S/C13H14N4O3S3/c1-7-4-9(10(17(19)20)5-8(7)2)14-11(18)6-22-13-16-15-12(21-3)23-13/h4-5H,6H2,1-3H3,(H,14,18). The zero-order valence-electron chi connectivity index (χ0n) is 12.7. The summed E-state index contributed by atoms with van der Waals surface area (Å²) in [5, 5.41) is 21.6. The molecule has 0 aliphatic carbocycles. The zero-order valence-corrected chi connectivity index (χ0v) is 15.1. The van der Waals surface area contributed by atoms with E-state index in [1.165, 1.54) is 40.9 Å². The first-order valence-electron chi connectivity index (χ1n) is 6.46. The fourth-order valence-corrected chi connectivity index (χ4v) is 3.94. The van der Waals surface area contributed by atoms with Crippen LogP contribution in [0, 0.1) is 24.0 Å². The van der Waals surface area contributed by atoms with Crippen LogP contribution in [0.5, 0.6) is 0 Å². The largest absolute Gasteiger partial charge is 0.320 e. The van der Waals surface area contributed by atoms with Gasteiger partial charge in [0.05, 0.1) is 10.7 Å². The summed E-state index contributed by atoms with van der Waals surface area (Å²) in [4.78, 5) is 22.6. The smallest absolute Gasteiger partial charge is 0.293 e. The van der Waals surface area contributed by atoms with Gasteiger partial charge in [0, 0.05) is 6.07 Å². The first kappa shape index (κ1) is 17.7. The van der Waals surface area contributed by atoms with Gasteiger partial charge in [0.15, 0.2) is 8.68 Å². The van der Waals surface area contributed by atoms with Crippen LogP contribution in [-0.2, 0) is 4.79 Å². The number of hydrogen-bond donors (Lipinski definition) is 1. The minimum Gasteiger partial charge on any atom is -0.320 e. The Kier molecular flexibility index (Phi) is 5.97. The van der Waals surface area contributed by atoms with Crippen LogP contribution in [0.1, 0.15) is 11.1 Å². The lowest BCUT2D eigenvalue weighted by Crippen LogP contribution is -2.15. The number of nitro benzene ring substituents is 1. The Balaban J connectivity index is 2.05. The molecule has 1 aromatic carbocycles. The molecule has 0 atom stereocenters. The molecule has 7 nitrogen and oxygen atoms in total. The van der Waals surface area contributed by atoms with E-state index in [2.05, 4.69) is 15.5 Å². The van der Waals surface area contributed by atoms with Crippen molar-refractivity contribution in [3.05, 3.63) is 33.4 Å². The van der Waals surface area contributed by atoms with Crippen LogP contribution in [0.15, 0.2) is 20.8 Å². The third-order valence-corrected chi connectivity index (χ3v) is 6.00. The van der Waals surface area contributed by atoms with E-state index in [0.29, 0.717) is 4.34 Å². The van der Waals surface area contributed by atoms with Crippen LogP contribution >= 0.6 is 34.9 Å². The second-order valence-electron chi connectivity index (χ2n) is 4.59. The molecular weight excluding hydrogens is 356 g/mol. The maximum absolute atomic E-state index is 12.0. The maximum Gasteiger partial charge on any atom is 0.293 e. The molecule has 2 rings (SSSR count). The average Bonchev–Trinajstić information content (AvgIpc) is 2.96. The minimum absolute atomic E-state index is 0.105. The van der Waals surface area contributed by atoms with E-state index >= 15 is 0 Å². The molecule has 1 heterocycles. The molecule has 0 unspecified atom stereocenters. The molecule has 1 amide bonds. The van der Waals surface area contributed by atoms with E-state index in [1.54, 1.807) is 13.0 Å². The third-order valence-electron chi connectivity index (χ3n) is 2.97. The predicted octanol–water partition coefficient (Wildman–Crippen LogP) is 3.52. The quantitative estimate of drug-likeness (QED) is 0.472. The van der Waals surface area contributed by atoms with Crippen LogP contribution in [0.4, 0.5) is 11.4 Å². The van der Waals surface area contributed by atoms with Gasteiger partial charge in [-0.05, 0) is 37.3 Å². The molecule has 10 heteroatoms. The molecular formula is C13H14N4O3S3. The van der Waals surface area contributed by atoms with E-state index < -0.39 is 4.92 Å². The van der Waals surface area contributed by atoms with Crippen molar-refractivity contribution in [2.75, 3.05) is 17.3 Å². The lowest BCUT2D eigenvalue weighted by molar-refractivity contribution is -0.384. The SMILES string of the molecule is CSc1nnc(SCC(=O)Nc2cc(C)c(C)cc2[N+](=O)[O-])s1. The van der Waals surface area contributed by atoms with Crippen molar-refractivity contribution in [3.8, 4) is 0 Å². The number of carbonyl (C=O) groups is 1. The Bertz CT molecular complexity index is 748. The number of aromatic nitrogens is 2. The van der Waals surface area contributed by atoms with Gasteiger partial charge in [0.2, 0.25) is 5.91 Å². The third kappa shape index (κ3) is 4.66. The first-order valence-corrected chi connectivity index (χ1v) is 9.49. The summed E-state index contributed by atoms with van der Waals surface area (Å²) in [5.74, 6) is -0.199. The molecule has 0 saturated carbocycles. The lowest BCUT2D eigenvalue weighted by Gasteiger charge is -2.08. The molecule has 0 aliphatic rings. The predicted molar refractivity (Wildman–Crippen MR) is 93.6 cm³/mol. The number of rotatable bonds is 6. The highest BCUT2D eigenvalue weighted by Gasteiger charge is 2.18. The number of nitro groups is 1. The molecule has 0 spiro atoms. The number of carbonyl (C=O) groups excluding carboxylic acids is 1. The Labute approximate surface area is 145 Å². The Hall–Kier alpha value is -1.65. The summed E-state index contributed by atoms with van der Waals surface area (Å²) >= 11 is 4.15. The molecule has 0 bridgehead atoms. The highest BCUT2D eigenvalue weighted by atomic mass is 32.2. The highest BCUT2D eigenvalue weighted by Crippen LogP contribution is 2.29. The van der Waals surface area contributed by atoms with Crippen molar-refractivity contribution in [1.82, 2.24) is 10.2 Å². The van der Waals surface area contributed by atoms with E-state index in [1.807, 2.05) is 13.2 Å². The van der Waals surface area contributed by atoms with E-state index in [-0.39, 0.29) is 23.0 Å². The normalized spacial score (nSPS) is 10.6. The topological polar surface area (TPSA) is 98.0 Å². The second kappa shape index (κ2) is 7.75. The molecule has 0 aliphatic heterocycles. The number of anilines is 1. The molecule has 1 N–H and O–H groups in total. The van der Waals surface area contributed by atoms with E-state index in [0.717, 1.165) is 15.5 Å². The monoisotopic (exact) mass is 370 g/mol. The van der Waals surface area contributed by atoms with Crippen molar-refractivity contribution >= 4 is 52.1 Å². The van der Waals surface area contributed by atoms with Gasteiger partial charge in [-0.3, -0.25) is 14.9 Å². The molecule has 0 radical (unpaired) electrons. The Morgan fingerprint density at radius 3 is 2.57 bits per heavy atom. The number of amides is 1. The van der Waals surface area contributed by atoms with Crippen molar-refractivity contribution in [2.45, 2.75) is 22.5 Å². The van der Waals surface area contributed by atoms with Crippen molar-refractivity contribution in [1.29, 1.82) is 0 Å². The zero-order chi connectivity index (χ0) is 17.0.